The summed E-state index contributed by atoms with van der Waals surface area (Å²) in [4.78, 5) is 0. The minimum absolute atomic E-state index is 0.269. The van der Waals surface area contributed by atoms with E-state index in [9.17, 15) is 0 Å². The van der Waals surface area contributed by atoms with Gasteiger partial charge in [0.25, 0.3) is 0 Å². The lowest BCUT2D eigenvalue weighted by molar-refractivity contribution is 1.90. The molecule has 0 atom stereocenters. The van der Waals surface area contributed by atoms with E-state index >= 15 is 0 Å². The zero-order valence-electron chi connectivity index (χ0n) is 4.29. The van der Waals surface area contributed by atoms with E-state index in [1.54, 1.807) is 11.3 Å². The van der Waals surface area contributed by atoms with Gasteiger partial charge in [0.2, 0.25) is 0 Å². The number of rotatable bonds is 4. The second-order valence-electron chi connectivity index (χ2n) is 1.44. The van der Waals surface area contributed by atoms with E-state index in [0.717, 1.165) is 0 Å². The Labute approximate surface area is 67.5 Å². The molecule has 5 heteroatoms. The van der Waals surface area contributed by atoms with Crippen LogP contribution in [-0.2, 0) is 0 Å². The molecule has 7 heavy (non-hydrogen) atoms. The molecule has 0 amide bonds. The molecular formula is C2H10Br2Si3. The van der Waals surface area contributed by atoms with E-state index in [1.165, 1.54) is 0 Å². The van der Waals surface area contributed by atoms with Gasteiger partial charge in [-0.3, -0.25) is 0 Å². The Morgan fingerprint density at radius 3 is 1.71 bits per heavy atom. The zero-order valence-corrected chi connectivity index (χ0v) is 11.7. The monoisotopic (exact) mass is 276 g/mol. The lowest BCUT2D eigenvalue weighted by Crippen LogP contribution is -1.92. The first kappa shape index (κ1) is 8.61. The van der Waals surface area contributed by atoms with Gasteiger partial charge in [-0.1, -0.05) is 11.3 Å². The first-order valence-corrected chi connectivity index (χ1v) is 14.3. The first-order chi connectivity index (χ1) is 3.41. The van der Waals surface area contributed by atoms with Crippen molar-refractivity contribution in [2.24, 2.45) is 0 Å². The Morgan fingerprint density at radius 1 is 1.00 bits per heavy atom. The maximum atomic E-state index is 3.55. The maximum absolute atomic E-state index is 3.55. The molecule has 0 aromatic heterocycles. The van der Waals surface area contributed by atoms with Gasteiger partial charge < -0.3 is 0 Å². The predicted octanol–water partition coefficient (Wildman–Crippen LogP) is -0.136. The summed E-state index contributed by atoms with van der Waals surface area (Å²) in [6.07, 6.45) is 0. The second-order valence-corrected chi connectivity index (χ2v) is 13.3. The van der Waals surface area contributed by atoms with Crippen LogP contribution in [0, 0.1) is 0 Å². The fourth-order valence-electron chi connectivity index (χ4n) is 0.366. The molecule has 0 rings (SSSR count). The molecule has 0 radical (unpaired) electrons. The third kappa shape index (κ3) is 7.61. The average Bonchev–Trinajstić information content (AvgIpc) is 1.69. The smallest absolute Gasteiger partial charge is 0.0954 e. The summed E-state index contributed by atoms with van der Waals surface area (Å²) in [6.45, 7) is 0. The third-order valence-electron chi connectivity index (χ3n) is 0.767. The second kappa shape index (κ2) is 7.61. The van der Waals surface area contributed by atoms with Gasteiger partial charge in [0, 0.05) is 9.52 Å². The predicted molar refractivity (Wildman–Crippen MR) is 53.1 cm³/mol. The zero-order chi connectivity index (χ0) is 5.54. The van der Waals surface area contributed by atoms with Crippen molar-refractivity contribution in [2.75, 3.05) is 0 Å². The number of halogens is 2. The van der Waals surface area contributed by atoms with Crippen LogP contribution in [0.2, 0.25) is 11.3 Å². The van der Waals surface area contributed by atoms with Gasteiger partial charge in [-0.25, -0.2) is 0 Å². The summed E-state index contributed by atoms with van der Waals surface area (Å²) >= 11 is 7.11. The molecule has 44 valence electrons. The largest absolute Gasteiger partial charge is 0.136 e. The van der Waals surface area contributed by atoms with E-state index in [4.69, 9.17) is 0 Å². The van der Waals surface area contributed by atoms with Crippen LogP contribution in [0.25, 0.3) is 0 Å². The third-order valence-corrected chi connectivity index (χ3v) is 17.0. The molecule has 0 aliphatic heterocycles. The van der Waals surface area contributed by atoms with Gasteiger partial charge in [-0.05, 0) is 0 Å². The first-order valence-electron chi connectivity index (χ1n) is 2.53. The topological polar surface area (TPSA) is 0 Å². The number of hydrogen-bond donors (Lipinski definition) is 0. The van der Waals surface area contributed by atoms with Crippen LogP contribution in [0.5, 0.6) is 0 Å². The molecule has 0 spiro atoms. The van der Waals surface area contributed by atoms with Gasteiger partial charge in [0.05, 0.1) is 16.3 Å². The highest BCUT2D eigenvalue weighted by atomic mass is 79.9. The molecule has 0 N–H and O–H groups in total. The van der Waals surface area contributed by atoms with Crippen LogP contribution < -0.4 is 0 Å². The molecule has 0 aromatic rings. The van der Waals surface area contributed by atoms with Gasteiger partial charge in [0.1, 0.15) is 0 Å². The molecule has 0 nitrogen and oxygen atoms in total. The minimum Gasteiger partial charge on any atom is -0.136 e. The lowest BCUT2D eigenvalue weighted by atomic mass is 11.8. The fraction of sp³-hybridized carbons (Fsp3) is 1.00. The van der Waals surface area contributed by atoms with Crippen LogP contribution >= 0.6 is 30.6 Å². The van der Waals surface area contributed by atoms with E-state index in [0.29, 0.717) is 9.52 Å². The Kier molecular flexibility index (Phi) is 9.36. The molecule has 0 fully saturated rings. The Balaban J connectivity index is 2.45. The highest BCUT2D eigenvalue weighted by Crippen LogP contribution is 1.88. The van der Waals surface area contributed by atoms with Crippen molar-refractivity contribution in [1.82, 2.24) is 0 Å². The van der Waals surface area contributed by atoms with E-state index in [-0.39, 0.29) is 16.3 Å². The molecule has 0 aromatic carbocycles. The van der Waals surface area contributed by atoms with Gasteiger partial charge in [-0.2, -0.15) is 0 Å². The van der Waals surface area contributed by atoms with Gasteiger partial charge in [-0.15, -0.1) is 30.6 Å². The fourth-order valence-corrected chi connectivity index (χ4v) is 13.6. The van der Waals surface area contributed by atoms with Crippen LogP contribution in [0.15, 0.2) is 0 Å². The van der Waals surface area contributed by atoms with Crippen LogP contribution in [-0.4, -0.2) is 25.8 Å². The molecule has 0 saturated carbocycles. The molecule has 0 saturated heterocycles. The van der Waals surface area contributed by atoms with Gasteiger partial charge in [0.15, 0.2) is 0 Å². The Hall–Kier alpha value is 1.61. The van der Waals surface area contributed by atoms with Crippen molar-refractivity contribution in [1.29, 1.82) is 0 Å². The van der Waals surface area contributed by atoms with Crippen molar-refractivity contribution in [2.45, 2.75) is 11.3 Å². The Bertz CT molecular complexity index is 30.1. The summed E-state index contributed by atoms with van der Waals surface area (Å²) in [5.74, 6) is 0. The van der Waals surface area contributed by atoms with E-state index in [2.05, 4.69) is 30.6 Å². The van der Waals surface area contributed by atoms with Crippen molar-refractivity contribution in [3.05, 3.63) is 0 Å². The van der Waals surface area contributed by atoms with Crippen LogP contribution in [0.3, 0.4) is 0 Å². The van der Waals surface area contributed by atoms with Crippen LogP contribution in [0.4, 0.5) is 0 Å². The summed E-state index contributed by atoms with van der Waals surface area (Å²) in [5.41, 5.74) is 3.25. The van der Waals surface area contributed by atoms with Gasteiger partial charge >= 0.3 is 0 Å². The van der Waals surface area contributed by atoms with Crippen molar-refractivity contribution >= 4 is 56.4 Å². The molecule has 0 aliphatic rings. The summed E-state index contributed by atoms with van der Waals surface area (Å²) in [7, 11) is 0.980. The lowest BCUT2D eigenvalue weighted by Gasteiger charge is -1.86. The number of hydrogen-bond acceptors (Lipinski definition) is 0. The highest BCUT2D eigenvalue weighted by Gasteiger charge is 1.84. The molecular weight excluding hydrogens is 268 g/mol. The maximum Gasteiger partial charge on any atom is 0.0954 e. The standard InChI is InChI=1S/C2H10Br2Si3/c3-6-1-5-2-7-4/h1-2,5-7H2. The van der Waals surface area contributed by atoms with E-state index in [1.807, 2.05) is 0 Å². The molecule has 0 heterocycles. The van der Waals surface area contributed by atoms with Crippen LogP contribution in [0.1, 0.15) is 0 Å². The summed E-state index contributed by atoms with van der Waals surface area (Å²) in [6, 6.07) is 0. The van der Waals surface area contributed by atoms with Crippen molar-refractivity contribution < 1.29 is 0 Å². The minimum atomic E-state index is 0.269. The van der Waals surface area contributed by atoms with Crippen molar-refractivity contribution in [3.63, 3.8) is 0 Å². The summed E-state index contributed by atoms with van der Waals surface area (Å²) in [5, 5.41) is 0. The molecule has 0 aliphatic carbocycles. The Morgan fingerprint density at radius 2 is 1.43 bits per heavy atom. The van der Waals surface area contributed by atoms with E-state index < -0.39 is 0 Å². The highest BCUT2D eigenvalue weighted by molar-refractivity contribution is 9.23. The van der Waals surface area contributed by atoms with Crippen molar-refractivity contribution in [3.8, 4) is 0 Å². The molecule has 0 bridgehead atoms. The summed E-state index contributed by atoms with van der Waals surface area (Å²) < 4.78 is 0. The SMILES string of the molecule is Br[SiH2]C[SiH2]C[SiH2]Br. The normalized spacial score (nSPS) is 14.6. The quantitative estimate of drug-likeness (QED) is 0.382. The molecule has 0 unspecified atom stereocenters. The average molecular weight is 278 g/mol.